The summed E-state index contributed by atoms with van der Waals surface area (Å²) in [6.07, 6.45) is 0. The molecular weight excluding hydrogens is 544 g/mol. The Morgan fingerprint density at radius 2 is 0.810 bits per heavy atom. The van der Waals surface area contributed by atoms with Crippen molar-refractivity contribution >= 4 is 8.56 Å². The first kappa shape index (κ1) is 32.6. The van der Waals surface area contributed by atoms with Gasteiger partial charge in [-0.1, -0.05) is 103 Å². The summed E-state index contributed by atoms with van der Waals surface area (Å²) in [6.45, 7) is 14.6. The second-order valence-corrected chi connectivity index (χ2v) is 14.2. The molecule has 0 spiro atoms. The summed E-state index contributed by atoms with van der Waals surface area (Å²) in [4.78, 5) is 0. The molecule has 3 N–H and O–H groups in total. The van der Waals surface area contributed by atoms with E-state index in [4.69, 9.17) is 0 Å². The summed E-state index contributed by atoms with van der Waals surface area (Å²) in [7, 11) is -3.26. The number of nitrogens with zero attached hydrogens (tertiary/aromatic N) is 6. The molecule has 10 heteroatoms. The van der Waals surface area contributed by atoms with Crippen LogP contribution < -0.4 is 0 Å². The minimum absolute atomic E-state index is 0.167. The Kier molecular flexibility index (Phi) is 11.5. The van der Waals surface area contributed by atoms with Crippen LogP contribution in [0.15, 0.2) is 84.3 Å². The molecule has 0 radical (unpaired) electrons. The van der Waals surface area contributed by atoms with Crippen LogP contribution in [0.4, 0.5) is 0 Å². The monoisotopic (exact) mass is 588 g/mol. The topological polar surface area (TPSA) is 135 Å². The van der Waals surface area contributed by atoms with Crippen LogP contribution in [0, 0.1) is 0 Å². The molecule has 0 bridgehead atoms. The molecule has 3 aromatic rings. The lowest BCUT2D eigenvalue weighted by Crippen LogP contribution is -2.25. The summed E-state index contributed by atoms with van der Waals surface area (Å²) in [6, 6.07) is 17.4. The zero-order valence-corrected chi connectivity index (χ0v) is 26.8. The fraction of sp³-hybridized carbons (Fsp3) is 0.438. The van der Waals surface area contributed by atoms with E-state index in [0.717, 1.165) is 16.7 Å². The normalized spacial score (nSPS) is 12.7. The van der Waals surface area contributed by atoms with Crippen molar-refractivity contribution < 1.29 is 15.3 Å². The number of rotatable bonds is 13. The maximum Gasteiger partial charge on any atom is 0.490 e. The largest absolute Gasteiger partial charge is 0.507 e. The number of phenols is 3. The first-order valence-corrected chi connectivity index (χ1v) is 16.6. The number of benzene rings is 3. The molecule has 3 aromatic carbocycles. The van der Waals surface area contributed by atoms with E-state index in [1.807, 2.05) is 103 Å². The first-order valence-electron chi connectivity index (χ1n) is 14.6. The molecule has 0 atom stereocenters. The van der Waals surface area contributed by atoms with Gasteiger partial charge < -0.3 is 15.3 Å². The summed E-state index contributed by atoms with van der Waals surface area (Å²) in [5, 5.41) is 45.5. The molecule has 0 aliphatic heterocycles. The molecule has 0 fully saturated rings. The van der Waals surface area contributed by atoms with Crippen LogP contribution in [0.5, 0.6) is 17.2 Å². The van der Waals surface area contributed by atoms with Gasteiger partial charge in [0.05, 0.1) is 19.6 Å². The van der Waals surface area contributed by atoms with Gasteiger partial charge in [0.2, 0.25) is 0 Å². The molecule has 0 aromatic heterocycles. The van der Waals surface area contributed by atoms with E-state index in [2.05, 4.69) is 29.7 Å². The molecule has 0 saturated carbocycles. The highest BCUT2D eigenvalue weighted by Crippen LogP contribution is 2.32. The SMILES string of the molecule is CC[Si](/N=N/Cc1cccc(C(C)C)c1O)(/N=N/Cc1cccc(C(C)C)c1O)/N=N/Cc1cccc(C(C)C)c1O. The van der Waals surface area contributed by atoms with Gasteiger partial charge in [-0.3, -0.25) is 0 Å². The number of hydrogen-bond donors (Lipinski definition) is 3. The van der Waals surface area contributed by atoms with Gasteiger partial charge in [-0.05, 0) is 34.4 Å². The molecule has 0 saturated heterocycles. The van der Waals surface area contributed by atoms with Gasteiger partial charge >= 0.3 is 8.56 Å². The Labute approximate surface area is 250 Å². The van der Waals surface area contributed by atoms with Crippen LogP contribution in [0.3, 0.4) is 0 Å². The third kappa shape index (κ3) is 8.09. The highest BCUT2D eigenvalue weighted by molar-refractivity contribution is 6.74. The van der Waals surface area contributed by atoms with Crippen LogP contribution in [0.2, 0.25) is 6.04 Å². The number of hydrogen-bond acceptors (Lipinski definition) is 9. The van der Waals surface area contributed by atoms with Gasteiger partial charge in [-0.25, -0.2) is 0 Å². The van der Waals surface area contributed by atoms with Gasteiger partial charge in [0.15, 0.2) is 0 Å². The zero-order valence-electron chi connectivity index (χ0n) is 25.8. The molecule has 9 nitrogen and oxygen atoms in total. The first-order chi connectivity index (χ1) is 20.0. The maximum absolute atomic E-state index is 10.7. The van der Waals surface area contributed by atoms with Gasteiger partial charge in [0.1, 0.15) is 17.2 Å². The van der Waals surface area contributed by atoms with Gasteiger partial charge in [0, 0.05) is 22.7 Å². The van der Waals surface area contributed by atoms with Crippen molar-refractivity contribution in [2.45, 2.75) is 91.9 Å². The molecule has 0 amide bonds. The van der Waals surface area contributed by atoms with Crippen molar-refractivity contribution in [2.75, 3.05) is 0 Å². The van der Waals surface area contributed by atoms with E-state index in [0.29, 0.717) is 22.7 Å². The lowest BCUT2D eigenvalue weighted by Gasteiger charge is -2.14. The second-order valence-electron chi connectivity index (χ2n) is 11.4. The van der Waals surface area contributed by atoms with E-state index in [-0.39, 0.29) is 54.6 Å². The highest BCUT2D eigenvalue weighted by Gasteiger charge is 2.35. The minimum Gasteiger partial charge on any atom is -0.507 e. The Balaban J connectivity index is 1.92. The van der Waals surface area contributed by atoms with Crippen molar-refractivity contribution in [3.63, 3.8) is 0 Å². The predicted octanol–water partition coefficient (Wildman–Crippen LogP) is 9.39. The summed E-state index contributed by atoms with van der Waals surface area (Å²) in [5.74, 6) is 1.18. The third-order valence-corrected chi connectivity index (χ3v) is 9.54. The average molecular weight is 589 g/mol. The minimum atomic E-state index is -3.26. The molecule has 3 rings (SSSR count). The number of para-hydroxylation sites is 3. The predicted molar refractivity (Wildman–Crippen MR) is 169 cm³/mol. The Morgan fingerprint density at radius 3 is 1.05 bits per heavy atom. The number of aromatic hydroxyl groups is 3. The van der Waals surface area contributed by atoms with Crippen LogP contribution in [0.25, 0.3) is 0 Å². The summed E-state index contributed by atoms with van der Waals surface area (Å²) < 4.78 is 13.8. The van der Waals surface area contributed by atoms with Crippen molar-refractivity contribution in [1.82, 2.24) is 0 Å². The molecule has 0 heterocycles. The zero-order chi connectivity index (χ0) is 30.9. The van der Waals surface area contributed by atoms with Gasteiger partial charge in [0.25, 0.3) is 0 Å². The van der Waals surface area contributed by atoms with Crippen LogP contribution in [-0.2, 0) is 19.6 Å². The van der Waals surface area contributed by atoms with Gasteiger partial charge in [-0.2, -0.15) is 29.7 Å². The standard InChI is InChI=1S/C32H44N6O3Si/c1-8-42(36-33-18-24-12-9-15-27(21(2)3)30(24)39,37-34-19-25-13-10-16-28(22(4)5)31(25)40)38-35-20-26-14-11-17-29(23(6)7)32(26)41/h9-17,21-23,39-41H,8,18-20H2,1-7H3/b36-33+,37-34+,38-35+. The van der Waals surface area contributed by atoms with Crippen molar-refractivity contribution in [1.29, 1.82) is 0 Å². The fourth-order valence-corrected chi connectivity index (χ4v) is 6.00. The lowest BCUT2D eigenvalue weighted by atomic mass is 9.99. The summed E-state index contributed by atoms with van der Waals surface area (Å²) >= 11 is 0. The summed E-state index contributed by atoms with van der Waals surface area (Å²) in [5.41, 5.74) is 4.57. The molecule has 42 heavy (non-hydrogen) atoms. The highest BCUT2D eigenvalue weighted by atomic mass is 28.4. The van der Waals surface area contributed by atoms with E-state index in [1.54, 1.807) is 0 Å². The van der Waals surface area contributed by atoms with Crippen LogP contribution in [0.1, 0.15) is 99.6 Å². The Hall–Kier alpha value is -3.92. The van der Waals surface area contributed by atoms with Crippen molar-refractivity contribution in [3.05, 3.63) is 88.0 Å². The van der Waals surface area contributed by atoms with Crippen molar-refractivity contribution in [3.8, 4) is 17.2 Å². The van der Waals surface area contributed by atoms with Crippen LogP contribution >= 0.6 is 0 Å². The Morgan fingerprint density at radius 1 is 0.524 bits per heavy atom. The smallest absolute Gasteiger partial charge is 0.490 e. The molecule has 0 aliphatic rings. The lowest BCUT2D eigenvalue weighted by molar-refractivity contribution is 0.457. The Bertz CT molecular complexity index is 1270. The second kappa shape index (κ2) is 14.8. The molecule has 0 aliphatic carbocycles. The van der Waals surface area contributed by atoms with Crippen molar-refractivity contribution in [2.24, 2.45) is 29.7 Å². The molecular formula is C32H44N6O3Si. The van der Waals surface area contributed by atoms with E-state index in [1.165, 1.54) is 0 Å². The van der Waals surface area contributed by atoms with E-state index < -0.39 is 8.56 Å². The molecule has 224 valence electrons. The molecule has 0 unspecified atom stereocenters. The van der Waals surface area contributed by atoms with E-state index in [9.17, 15) is 15.3 Å². The third-order valence-electron chi connectivity index (χ3n) is 7.21. The maximum atomic E-state index is 10.7. The quantitative estimate of drug-likeness (QED) is 0.135. The van der Waals surface area contributed by atoms with Gasteiger partial charge in [-0.15, -0.1) is 0 Å². The average Bonchev–Trinajstić information content (AvgIpc) is 2.95. The fourth-order valence-electron chi connectivity index (χ4n) is 4.56. The van der Waals surface area contributed by atoms with E-state index >= 15 is 0 Å². The van der Waals surface area contributed by atoms with Crippen LogP contribution in [-0.4, -0.2) is 23.9 Å². The number of phenolic OH excluding ortho intramolecular Hbond substituents is 3.